The van der Waals surface area contributed by atoms with Crippen LogP contribution in [0.2, 0.25) is 0 Å². The van der Waals surface area contributed by atoms with Gasteiger partial charge in [0.25, 0.3) is 10.0 Å². The zero-order chi connectivity index (χ0) is 27.7. The van der Waals surface area contributed by atoms with Gasteiger partial charge in [-0.25, -0.2) is 17.5 Å². The van der Waals surface area contributed by atoms with Crippen LogP contribution < -0.4 is 15.4 Å². The van der Waals surface area contributed by atoms with E-state index in [1.807, 2.05) is 4.72 Å². The van der Waals surface area contributed by atoms with Gasteiger partial charge in [-0.3, -0.25) is 14.4 Å². The molecule has 3 aromatic rings. The van der Waals surface area contributed by atoms with E-state index in [4.69, 9.17) is 0 Å². The molecule has 3 aromatic carbocycles. The van der Waals surface area contributed by atoms with Crippen LogP contribution in [0.4, 0.5) is 4.39 Å². The molecule has 0 saturated carbocycles. The zero-order valence-corrected chi connectivity index (χ0v) is 22.3. The molecule has 8 nitrogen and oxygen atoms in total. The number of nitrogens with one attached hydrogen (secondary N) is 3. The monoisotopic (exact) mass is 557 g/mol. The highest BCUT2D eigenvalue weighted by atomic mass is 32.2. The van der Waals surface area contributed by atoms with E-state index in [2.05, 4.69) is 23.3 Å². The van der Waals surface area contributed by atoms with E-state index >= 15 is 0 Å². The Hall–Kier alpha value is -3.70. The first-order valence-corrected chi connectivity index (χ1v) is 13.7. The molecule has 200 valence electrons. The van der Waals surface area contributed by atoms with Gasteiger partial charge in [0, 0.05) is 30.8 Å². The number of sulfonamides is 1. The normalized spacial score (nSPS) is 11.9. The van der Waals surface area contributed by atoms with E-state index in [0.717, 1.165) is 12.5 Å². The summed E-state index contributed by atoms with van der Waals surface area (Å²) in [6, 6.07) is 19.5. The molecule has 0 aromatic heterocycles. The summed E-state index contributed by atoms with van der Waals surface area (Å²) in [6.07, 6.45) is -0.0332. The van der Waals surface area contributed by atoms with Crippen molar-refractivity contribution in [1.29, 1.82) is 0 Å². The van der Waals surface area contributed by atoms with Gasteiger partial charge in [0.2, 0.25) is 17.7 Å². The smallest absolute Gasteiger partial charge is 0.264 e. The lowest BCUT2D eigenvalue weighted by Crippen LogP contribution is -2.35. The van der Waals surface area contributed by atoms with Crippen molar-refractivity contribution in [2.75, 3.05) is 6.54 Å². The largest absolute Gasteiger partial charge is 0.355 e. The molecule has 0 bridgehead atoms. The third kappa shape index (κ3) is 8.42. The Bertz CT molecular complexity index is 1410. The standard InChI is InChI=1S/C27H28FN3O5S2/c1-18(32)31-38(35,36)25-9-5-3-7-23(25)20-12-10-19(11-13-20)16-29-26(33)15-27(34)30-17-22(37)14-21-6-2-4-8-24(21)28/h2-13,22,37H,14-17H2,1H3,(H,29,33)(H,30,34)(H,31,32)/t22-/m1/s1. The van der Waals surface area contributed by atoms with Gasteiger partial charge in [-0.05, 0) is 35.2 Å². The van der Waals surface area contributed by atoms with Gasteiger partial charge < -0.3 is 10.6 Å². The van der Waals surface area contributed by atoms with E-state index in [1.165, 1.54) is 12.1 Å². The molecule has 1 atom stereocenters. The maximum atomic E-state index is 13.7. The van der Waals surface area contributed by atoms with E-state index in [1.54, 1.807) is 60.7 Å². The molecular formula is C27H28FN3O5S2. The second kappa shape index (κ2) is 13.2. The van der Waals surface area contributed by atoms with Gasteiger partial charge in [-0.1, -0.05) is 60.7 Å². The number of rotatable bonds is 11. The minimum atomic E-state index is -4.03. The molecule has 3 N–H and O–H groups in total. The highest BCUT2D eigenvalue weighted by molar-refractivity contribution is 7.90. The van der Waals surface area contributed by atoms with Crippen molar-refractivity contribution in [3.05, 3.63) is 89.7 Å². The molecule has 0 spiro atoms. The van der Waals surface area contributed by atoms with Crippen LogP contribution >= 0.6 is 12.6 Å². The summed E-state index contributed by atoms with van der Waals surface area (Å²) in [4.78, 5) is 35.6. The fourth-order valence-electron chi connectivity index (χ4n) is 3.68. The number of amides is 3. The fourth-order valence-corrected chi connectivity index (χ4v) is 5.19. The summed E-state index contributed by atoms with van der Waals surface area (Å²) in [5, 5.41) is 4.99. The number of hydrogen-bond donors (Lipinski definition) is 4. The summed E-state index contributed by atoms with van der Waals surface area (Å²) in [5.74, 6) is -1.96. The lowest BCUT2D eigenvalue weighted by Gasteiger charge is -2.13. The molecule has 3 amide bonds. The van der Waals surface area contributed by atoms with Gasteiger partial charge in [0.05, 0.1) is 4.90 Å². The Kier molecular flexibility index (Phi) is 10.0. The Labute approximate surface area is 226 Å². The minimum absolute atomic E-state index is 0.0281. The van der Waals surface area contributed by atoms with Crippen molar-refractivity contribution in [2.45, 2.75) is 36.5 Å². The molecule has 0 unspecified atom stereocenters. The zero-order valence-electron chi connectivity index (χ0n) is 20.6. The molecule has 38 heavy (non-hydrogen) atoms. The highest BCUT2D eigenvalue weighted by Gasteiger charge is 2.20. The number of carbonyl (C=O) groups excluding carboxylic acids is 3. The molecule has 0 fully saturated rings. The number of carbonyl (C=O) groups is 3. The van der Waals surface area contributed by atoms with E-state index in [9.17, 15) is 27.2 Å². The number of thiol groups is 1. The maximum Gasteiger partial charge on any atom is 0.264 e. The third-order valence-corrected chi connectivity index (χ3v) is 7.33. The molecular weight excluding hydrogens is 529 g/mol. The Morgan fingerprint density at radius 1 is 0.895 bits per heavy atom. The number of hydrogen-bond acceptors (Lipinski definition) is 6. The minimum Gasteiger partial charge on any atom is -0.355 e. The Morgan fingerprint density at radius 2 is 1.53 bits per heavy atom. The van der Waals surface area contributed by atoms with Crippen LogP contribution in [0.25, 0.3) is 11.1 Å². The summed E-state index contributed by atoms with van der Waals surface area (Å²) in [5.41, 5.74) is 2.28. The van der Waals surface area contributed by atoms with Gasteiger partial charge >= 0.3 is 0 Å². The van der Waals surface area contributed by atoms with Gasteiger partial charge in [-0.2, -0.15) is 12.6 Å². The molecule has 11 heteroatoms. The number of halogens is 1. The first kappa shape index (κ1) is 28.9. The van der Waals surface area contributed by atoms with E-state index < -0.39 is 27.7 Å². The van der Waals surface area contributed by atoms with Crippen molar-refractivity contribution in [3.8, 4) is 11.1 Å². The van der Waals surface area contributed by atoms with E-state index in [0.29, 0.717) is 23.1 Å². The van der Waals surface area contributed by atoms with Crippen molar-refractivity contribution in [1.82, 2.24) is 15.4 Å². The first-order valence-electron chi connectivity index (χ1n) is 11.7. The van der Waals surface area contributed by atoms with Crippen LogP contribution in [-0.4, -0.2) is 37.9 Å². The number of benzene rings is 3. The quantitative estimate of drug-likeness (QED) is 0.213. The summed E-state index contributed by atoms with van der Waals surface area (Å²) in [6.45, 7) is 1.48. The molecule has 0 saturated heterocycles. The summed E-state index contributed by atoms with van der Waals surface area (Å²) in [7, 11) is -4.03. The van der Waals surface area contributed by atoms with Gasteiger partial charge in [0.15, 0.2) is 0 Å². The molecule has 0 radical (unpaired) electrons. The lowest BCUT2D eigenvalue weighted by atomic mass is 10.0. The van der Waals surface area contributed by atoms with E-state index in [-0.39, 0.29) is 35.5 Å². The highest BCUT2D eigenvalue weighted by Crippen LogP contribution is 2.27. The van der Waals surface area contributed by atoms with Gasteiger partial charge in [-0.15, -0.1) is 0 Å². The summed E-state index contributed by atoms with van der Waals surface area (Å²) >= 11 is 4.38. The second-order valence-electron chi connectivity index (χ2n) is 8.56. The van der Waals surface area contributed by atoms with Crippen LogP contribution in [0, 0.1) is 5.82 Å². The van der Waals surface area contributed by atoms with Crippen molar-refractivity contribution >= 4 is 40.4 Å². The van der Waals surface area contributed by atoms with Crippen LogP contribution in [0.3, 0.4) is 0 Å². The molecule has 0 aliphatic carbocycles. The van der Waals surface area contributed by atoms with Crippen molar-refractivity contribution in [3.63, 3.8) is 0 Å². The first-order chi connectivity index (χ1) is 18.0. The topological polar surface area (TPSA) is 121 Å². The molecule has 0 aliphatic heterocycles. The average Bonchev–Trinajstić information content (AvgIpc) is 2.87. The van der Waals surface area contributed by atoms with Crippen LogP contribution in [0.5, 0.6) is 0 Å². The second-order valence-corrected chi connectivity index (χ2v) is 10.9. The van der Waals surface area contributed by atoms with Crippen LogP contribution in [0.1, 0.15) is 24.5 Å². The third-order valence-electron chi connectivity index (χ3n) is 5.48. The SMILES string of the molecule is CC(=O)NS(=O)(=O)c1ccccc1-c1ccc(CNC(=O)CC(=O)NC[C@H](S)Cc2ccccc2F)cc1. The fraction of sp³-hybridized carbons (Fsp3) is 0.222. The van der Waals surface area contributed by atoms with Crippen molar-refractivity contribution in [2.24, 2.45) is 0 Å². The average molecular weight is 558 g/mol. The van der Waals surface area contributed by atoms with Crippen LogP contribution in [-0.2, 0) is 37.4 Å². The lowest BCUT2D eigenvalue weighted by molar-refractivity contribution is -0.129. The molecule has 3 rings (SSSR count). The molecule has 0 heterocycles. The predicted molar refractivity (Wildman–Crippen MR) is 145 cm³/mol. The van der Waals surface area contributed by atoms with Crippen molar-refractivity contribution < 1.29 is 27.2 Å². The van der Waals surface area contributed by atoms with Gasteiger partial charge in [0.1, 0.15) is 12.2 Å². The maximum absolute atomic E-state index is 13.7. The van der Waals surface area contributed by atoms with Crippen LogP contribution in [0.15, 0.2) is 77.7 Å². The Morgan fingerprint density at radius 3 is 2.21 bits per heavy atom. The Balaban J connectivity index is 1.50. The molecule has 0 aliphatic rings. The summed E-state index contributed by atoms with van der Waals surface area (Å²) < 4.78 is 40.7. The predicted octanol–water partition coefficient (Wildman–Crippen LogP) is 2.98.